The summed E-state index contributed by atoms with van der Waals surface area (Å²) in [6.07, 6.45) is 1.55. The predicted octanol–water partition coefficient (Wildman–Crippen LogP) is 3.04. The van der Waals surface area contributed by atoms with Gasteiger partial charge in [0, 0.05) is 13.0 Å². The number of nitrogens with one attached hydrogen (secondary N) is 1. The van der Waals surface area contributed by atoms with Gasteiger partial charge in [-0.05, 0) is 54.8 Å². The smallest absolute Gasteiger partial charge is 0.335 e. The Morgan fingerprint density at radius 2 is 1.72 bits per heavy atom. The van der Waals surface area contributed by atoms with Gasteiger partial charge >= 0.3 is 5.97 Å². The van der Waals surface area contributed by atoms with Gasteiger partial charge in [0.2, 0.25) is 5.91 Å². The molecule has 0 atom stereocenters. The lowest BCUT2D eigenvalue weighted by molar-refractivity contribution is -0.121. The Morgan fingerprint density at radius 1 is 1.04 bits per heavy atom. The van der Waals surface area contributed by atoms with Crippen LogP contribution in [0.1, 0.15) is 28.8 Å². The third-order valence-electron chi connectivity index (χ3n) is 3.57. The van der Waals surface area contributed by atoms with E-state index in [4.69, 9.17) is 9.84 Å². The fourth-order valence-corrected chi connectivity index (χ4v) is 2.20. The molecule has 25 heavy (non-hydrogen) atoms. The number of carbonyl (C=O) groups is 2. The van der Waals surface area contributed by atoms with Crippen LogP contribution in [-0.2, 0) is 11.2 Å². The Hall–Kier alpha value is -2.89. The molecule has 0 saturated carbocycles. The van der Waals surface area contributed by atoms with Gasteiger partial charge in [0.05, 0.1) is 12.2 Å². The number of carboxylic acid groups (broad SMARTS) is 1. The maximum Gasteiger partial charge on any atom is 0.335 e. The van der Waals surface area contributed by atoms with Crippen LogP contribution < -0.4 is 10.1 Å². The summed E-state index contributed by atoms with van der Waals surface area (Å²) in [6, 6.07) is 12.3. The molecule has 0 heterocycles. The number of benzene rings is 2. The normalized spacial score (nSPS) is 10.3. The van der Waals surface area contributed by atoms with Crippen molar-refractivity contribution in [2.75, 3.05) is 13.2 Å². The first-order chi connectivity index (χ1) is 12.0. The zero-order valence-electron chi connectivity index (χ0n) is 13.7. The Morgan fingerprint density at radius 3 is 2.36 bits per heavy atom. The van der Waals surface area contributed by atoms with E-state index >= 15 is 0 Å². The van der Waals surface area contributed by atoms with Crippen LogP contribution >= 0.6 is 0 Å². The minimum absolute atomic E-state index is 0.0649. The summed E-state index contributed by atoms with van der Waals surface area (Å²) in [7, 11) is 0. The highest BCUT2D eigenvalue weighted by Crippen LogP contribution is 2.11. The van der Waals surface area contributed by atoms with E-state index in [1.54, 1.807) is 36.4 Å². The average Bonchev–Trinajstić information content (AvgIpc) is 2.61. The van der Waals surface area contributed by atoms with Crippen molar-refractivity contribution in [3.8, 4) is 5.75 Å². The van der Waals surface area contributed by atoms with E-state index in [2.05, 4.69) is 5.32 Å². The molecule has 0 bridgehead atoms. The molecule has 132 valence electrons. The molecule has 5 nitrogen and oxygen atoms in total. The van der Waals surface area contributed by atoms with E-state index in [1.807, 2.05) is 0 Å². The van der Waals surface area contributed by atoms with E-state index in [0.29, 0.717) is 38.2 Å². The van der Waals surface area contributed by atoms with Gasteiger partial charge < -0.3 is 15.2 Å². The Labute approximate surface area is 145 Å². The lowest BCUT2D eigenvalue weighted by Crippen LogP contribution is -2.25. The SMILES string of the molecule is O=C(CCCOc1ccc(F)cc1)NCCc1ccc(C(=O)O)cc1. The first kappa shape index (κ1) is 18.4. The maximum atomic E-state index is 12.7. The molecule has 0 spiro atoms. The summed E-state index contributed by atoms with van der Waals surface area (Å²) >= 11 is 0. The van der Waals surface area contributed by atoms with Crippen LogP contribution in [0.25, 0.3) is 0 Å². The van der Waals surface area contributed by atoms with Crippen molar-refractivity contribution in [1.29, 1.82) is 0 Å². The molecule has 2 rings (SSSR count). The fourth-order valence-electron chi connectivity index (χ4n) is 2.20. The molecule has 2 aromatic rings. The monoisotopic (exact) mass is 345 g/mol. The van der Waals surface area contributed by atoms with E-state index in [-0.39, 0.29) is 17.3 Å². The second kappa shape index (κ2) is 9.42. The minimum Gasteiger partial charge on any atom is -0.494 e. The summed E-state index contributed by atoms with van der Waals surface area (Å²) in [5, 5.41) is 11.6. The number of carboxylic acids is 1. The van der Waals surface area contributed by atoms with Crippen LogP contribution in [0.15, 0.2) is 48.5 Å². The number of hydrogen-bond acceptors (Lipinski definition) is 3. The highest BCUT2D eigenvalue weighted by molar-refractivity contribution is 5.87. The van der Waals surface area contributed by atoms with Crippen LogP contribution in [0.5, 0.6) is 5.75 Å². The van der Waals surface area contributed by atoms with Gasteiger partial charge in [0.25, 0.3) is 0 Å². The zero-order valence-corrected chi connectivity index (χ0v) is 13.7. The second-order valence-corrected chi connectivity index (χ2v) is 5.51. The van der Waals surface area contributed by atoms with E-state index in [1.165, 1.54) is 12.1 Å². The lowest BCUT2D eigenvalue weighted by atomic mass is 10.1. The van der Waals surface area contributed by atoms with Gasteiger partial charge in [-0.2, -0.15) is 0 Å². The predicted molar refractivity (Wildman–Crippen MR) is 91.2 cm³/mol. The van der Waals surface area contributed by atoms with Crippen molar-refractivity contribution in [1.82, 2.24) is 5.32 Å². The van der Waals surface area contributed by atoms with E-state index < -0.39 is 5.97 Å². The summed E-state index contributed by atoms with van der Waals surface area (Å²) < 4.78 is 18.2. The molecule has 0 saturated heterocycles. The third kappa shape index (κ3) is 6.63. The van der Waals surface area contributed by atoms with Gasteiger partial charge in [-0.1, -0.05) is 12.1 Å². The molecule has 0 fully saturated rings. The Kier molecular flexibility index (Phi) is 6.95. The average molecular weight is 345 g/mol. The molecular weight excluding hydrogens is 325 g/mol. The number of rotatable bonds is 9. The standard InChI is InChI=1S/C19H20FNO4/c20-16-7-9-17(10-8-16)25-13-1-2-18(22)21-12-11-14-3-5-15(6-4-14)19(23)24/h3-10H,1-2,11-13H2,(H,21,22)(H,23,24). The van der Waals surface area contributed by atoms with Crippen molar-refractivity contribution in [2.45, 2.75) is 19.3 Å². The van der Waals surface area contributed by atoms with Crippen LogP contribution in [0.3, 0.4) is 0 Å². The molecule has 2 N–H and O–H groups in total. The molecule has 0 unspecified atom stereocenters. The van der Waals surface area contributed by atoms with Crippen molar-refractivity contribution < 1.29 is 23.8 Å². The topological polar surface area (TPSA) is 75.6 Å². The van der Waals surface area contributed by atoms with Gasteiger partial charge in [0.1, 0.15) is 11.6 Å². The van der Waals surface area contributed by atoms with Crippen molar-refractivity contribution in [3.05, 3.63) is 65.5 Å². The van der Waals surface area contributed by atoms with Crippen LogP contribution in [0, 0.1) is 5.82 Å². The van der Waals surface area contributed by atoms with Gasteiger partial charge in [-0.3, -0.25) is 4.79 Å². The summed E-state index contributed by atoms with van der Waals surface area (Å²) in [6.45, 7) is 0.875. The molecule has 0 aliphatic carbocycles. The number of halogens is 1. The zero-order chi connectivity index (χ0) is 18.1. The fraction of sp³-hybridized carbons (Fsp3) is 0.263. The molecule has 0 radical (unpaired) electrons. The second-order valence-electron chi connectivity index (χ2n) is 5.51. The minimum atomic E-state index is -0.956. The molecular formula is C19H20FNO4. The molecule has 0 aromatic heterocycles. The Bertz CT molecular complexity index is 698. The first-order valence-corrected chi connectivity index (χ1v) is 8.02. The summed E-state index contributed by atoms with van der Waals surface area (Å²) in [4.78, 5) is 22.5. The molecule has 1 amide bonds. The summed E-state index contributed by atoms with van der Waals surface area (Å²) in [5.74, 6) is -0.761. The van der Waals surface area contributed by atoms with Crippen molar-refractivity contribution in [2.24, 2.45) is 0 Å². The highest BCUT2D eigenvalue weighted by atomic mass is 19.1. The van der Waals surface area contributed by atoms with E-state index in [9.17, 15) is 14.0 Å². The molecule has 0 aliphatic rings. The molecule has 6 heteroatoms. The third-order valence-corrected chi connectivity index (χ3v) is 3.57. The maximum absolute atomic E-state index is 12.7. The number of hydrogen-bond donors (Lipinski definition) is 2. The number of amides is 1. The highest BCUT2D eigenvalue weighted by Gasteiger charge is 2.04. The number of carbonyl (C=O) groups excluding carboxylic acids is 1. The molecule has 0 aliphatic heterocycles. The largest absolute Gasteiger partial charge is 0.494 e. The van der Waals surface area contributed by atoms with Crippen molar-refractivity contribution >= 4 is 11.9 Å². The van der Waals surface area contributed by atoms with Gasteiger partial charge in [-0.25, -0.2) is 9.18 Å². The number of ether oxygens (including phenoxy) is 1. The lowest BCUT2D eigenvalue weighted by Gasteiger charge is -2.07. The van der Waals surface area contributed by atoms with Crippen LogP contribution in [0.2, 0.25) is 0 Å². The molecule has 2 aromatic carbocycles. The summed E-state index contributed by atoms with van der Waals surface area (Å²) in [5.41, 5.74) is 1.21. The first-order valence-electron chi connectivity index (χ1n) is 8.02. The Balaban J connectivity index is 1.59. The van der Waals surface area contributed by atoms with Crippen LogP contribution in [0.4, 0.5) is 4.39 Å². The van der Waals surface area contributed by atoms with Crippen molar-refractivity contribution in [3.63, 3.8) is 0 Å². The quantitative estimate of drug-likeness (QED) is 0.685. The van der Waals surface area contributed by atoms with Gasteiger partial charge in [0.15, 0.2) is 0 Å². The van der Waals surface area contributed by atoms with Gasteiger partial charge in [-0.15, -0.1) is 0 Å². The van der Waals surface area contributed by atoms with E-state index in [0.717, 1.165) is 5.56 Å². The van der Waals surface area contributed by atoms with Crippen LogP contribution in [-0.4, -0.2) is 30.1 Å². The number of aromatic carboxylic acids is 1.